The summed E-state index contributed by atoms with van der Waals surface area (Å²) in [6.07, 6.45) is 3.64. The van der Waals surface area contributed by atoms with E-state index in [1.54, 1.807) is 12.1 Å². The Kier molecular flexibility index (Phi) is 17.9. The molecule has 0 spiro atoms. The van der Waals surface area contributed by atoms with Crippen LogP contribution >= 0.6 is 11.6 Å². The highest BCUT2D eigenvalue weighted by Crippen LogP contribution is 2.16. The van der Waals surface area contributed by atoms with E-state index in [1.165, 1.54) is 29.9 Å². The third-order valence-electron chi connectivity index (χ3n) is 5.76. The van der Waals surface area contributed by atoms with Gasteiger partial charge in [0.25, 0.3) is 5.56 Å². The fourth-order valence-electron chi connectivity index (χ4n) is 3.61. The first-order chi connectivity index (χ1) is 18.7. The van der Waals surface area contributed by atoms with Crippen LogP contribution in [0.25, 0.3) is 0 Å². The Morgan fingerprint density at radius 2 is 1.69 bits per heavy atom. The van der Waals surface area contributed by atoms with Gasteiger partial charge in [-0.2, -0.15) is 5.26 Å². The monoisotopic (exact) mass is 552 g/mol. The summed E-state index contributed by atoms with van der Waals surface area (Å²) in [4.78, 5) is 27.6. The minimum absolute atomic E-state index is 0.221. The van der Waals surface area contributed by atoms with E-state index in [0.717, 1.165) is 36.1 Å². The van der Waals surface area contributed by atoms with Crippen molar-refractivity contribution >= 4 is 11.6 Å². The van der Waals surface area contributed by atoms with Crippen LogP contribution in [0.1, 0.15) is 68.9 Å². The molecule has 0 radical (unpaired) electrons. The number of likely N-dealkylation sites (tertiary alicyclic amines) is 1. The third-order valence-corrected chi connectivity index (χ3v) is 6.08. The predicted octanol–water partition coefficient (Wildman–Crippen LogP) is 6.97. The van der Waals surface area contributed by atoms with Gasteiger partial charge in [0.05, 0.1) is 10.6 Å². The molecule has 212 valence electrons. The van der Waals surface area contributed by atoms with Gasteiger partial charge in [-0.1, -0.05) is 88.7 Å². The molecule has 0 unspecified atom stereocenters. The Bertz CT molecular complexity index is 1320. The zero-order valence-corrected chi connectivity index (χ0v) is 25.7. The molecule has 1 aromatic heterocycles. The van der Waals surface area contributed by atoms with E-state index >= 15 is 0 Å². The van der Waals surface area contributed by atoms with Crippen molar-refractivity contribution in [1.82, 2.24) is 14.5 Å². The summed E-state index contributed by atoms with van der Waals surface area (Å²) in [7, 11) is 1.48. The lowest BCUT2D eigenvalue weighted by molar-refractivity contribution is 0.334. The Balaban J connectivity index is 0.000000546. The minimum Gasteiger partial charge on any atom is -0.314 e. The van der Waals surface area contributed by atoms with Gasteiger partial charge in [0.1, 0.15) is 6.07 Å². The molecule has 6 nitrogen and oxygen atoms in total. The quantitative estimate of drug-likeness (QED) is 0.356. The van der Waals surface area contributed by atoms with Crippen molar-refractivity contribution < 1.29 is 0 Å². The predicted molar refractivity (Wildman–Crippen MR) is 165 cm³/mol. The average Bonchev–Trinajstić information content (AvgIpc) is 3.37. The molecule has 2 heterocycles. The van der Waals surface area contributed by atoms with Gasteiger partial charge < -0.3 is 4.98 Å². The second kappa shape index (κ2) is 19.6. The number of aryl methyl sites for hydroxylation is 3. The number of aromatic amines is 1. The molecule has 1 fully saturated rings. The van der Waals surface area contributed by atoms with Crippen LogP contribution in [0.15, 0.2) is 70.4 Å². The maximum atomic E-state index is 11.8. The Labute approximate surface area is 239 Å². The first kappa shape index (κ1) is 35.6. The van der Waals surface area contributed by atoms with Crippen LogP contribution in [-0.2, 0) is 20.0 Å². The van der Waals surface area contributed by atoms with Gasteiger partial charge in [-0.25, -0.2) is 4.79 Å². The lowest BCUT2D eigenvalue weighted by atomic mass is 10.1. The Hall–Kier alpha value is -3.40. The molecule has 3 aromatic rings. The molecule has 2 aromatic carbocycles. The van der Waals surface area contributed by atoms with Crippen LogP contribution in [0.3, 0.4) is 0 Å². The van der Waals surface area contributed by atoms with Crippen molar-refractivity contribution in [2.75, 3.05) is 13.1 Å². The molecular weight excluding hydrogens is 508 g/mol. The Morgan fingerprint density at radius 3 is 2.18 bits per heavy atom. The highest BCUT2D eigenvalue weighted by Gasteiger charge is 2.16. The van der Waals surface area contributed by atoms with Crippen LogP contribution < -0.4 is 11.2 Å². The van der Waals surface area contributed by atoms with E-state index in [2.05, 4.69) is 54.6 Å². The highest BCUT2D eigenvalue weighted by atomic mass is 35.5. The molecule has 0 atom stereocenters. The normalized spacial score (nSPS) is 11.7. The largest absolute Gasteiger partial charge is 0.328 e. The molecule has 1 aliphatic rings. The molecule has 0 saturated carbocycles. The van der Waals surface area contributed by atoms with Crippen LogP contribution in [0.4, 0.5) is 0 Å². The van der Waals surface area contributed by atoms with Crippen molar-refractivity contribution in [2.24, 2.45) is 7.05 Å². The molecule has 1 saturated heterocycles. The minimum atomic E-state index is -0.375. The molecule has 39 heavy (non-hydrogen) atoms. The topological polar surface area (TPSA) is 81.9 Å². The number of H-pyrrole nitrogens is 1. The van der Waals surface area contributed by atoms with Crippen molar-refractivity contribution in [1.29, 1.82) is 5.26 Å². The van der Waals surface area contributed by atoms with Crippen LogP contribution in [-0.4, -0.2) is 27.5 Å². The zero-order chi connectivity index (χ0) is 30.0. The number of nitriles is 1. The van der Waals surface area contributed by atoms with Gasteiger partial charge in [-0.3, -0.25) is 14.3 Å². The standard InChI is InChI=1S/C11H15N3O2.C9H12.C8H6ClN.2C2H6/c1-8-3-4-14(6-8)7-9-5-12-11(16)13(2)10(9)15;1-3-9-7-5-4-6-8(9)2;1-6-2-3-7(5-10)8(9)4-6;2*1-2/h5H,1,3-4,6-7H2,2H3,(H,12,16);4-7H,3H2,1-2H3;2-4H,1H3;2*1-2H3. The summed E-state index contributed by atoms with van der Waals surface area (Å²) in [5.74, 6) is 0. The van der Waals surface area contributed by atoms with Crippen LogP contribution in [0.5, 0.6) is 0 Å². The number of nitrogens with one attached hydrogen (secondary N) is 1. The smallest absolute Gasteiger partial charge is 0.314 e. The maximum Gasteiger partial charge on any atom is 0.328 e. The van der Waals surface area contributed by atoms with Crippen molar-refractivity contribution in [3.63, 3.8) is 0 Å². The SMILES string of the molecule is C=C1CCN(Cc2c[nH]c(=O)n(C)c2=O)C1.CC.CC.CCc1ccccc1C.Cc1ccc(C#N)c(Cl)c1. The Morgan fingerprint density at radius 1 is 1.05 bits per heavy atom. The van der Waals surface area contributed by atoms with E-state index < -0.39 is 0 Å². The maximum absolute atomic E-state index is 11.8. The summed E-state index contributed by atoms with van der Waals surface area (Å²) < 4.78 is 1.10. The molecule has 0 aliphatic carbocycles. The summed E-state index contributed by atoms with van der Waals surface area (Å²) >= 11 is 5.71. The molecule has 1 N–H and O–H groups in total. The fourth-order valence-corrected chi connectivity index (χ4v) is 3.89. The van der Waals surface area contributed by atoms with E-state index in [1.807, 2.05) is 46.8 Å². The summed E-state index contributed by atoms with van der Waals surface area (Å²) in [6.45, 7) is 20.5. The van der Waals surface area contributed by atoms with Crippen LogP contribution in [0.2, 0.25) is 5.02 Å². The van der Waals surface area contributed by atoms with Gasteiger partial charge in [-0.15, -0.1) is 0 Å². The van der Waals surface area contributed by atoms with E-state index in [-0.39, 0.29) is 11.2 Å². The number of halogens is 1. The lowest BCUT2D eigenvalue weighted by Crippen LogP contribution is -2.36. The van der Waals surface area contributed by atoms with Crippen molar-refractivity contribution in [2.45, 2.75) is 67.9 Å². The molecule has 7 heteroatoms. The van der Waals surface area contributed by atoms with Gasteiger partial charge in [0, 0.05) is 38.4 Å². The molecule has 4 rings (SSSR count). The van der Waals surface area contributed by atoms with E-state index in [9.17, 15) is 9.59 Å². The van der Waals surface area contributed by atoms with Gasteiger partial charge >= 0.3 is 5.69 Å². The fraction of sp³-hybridized carbons (Fsp3) is 0.406. The van der Waals surface area contributed by atoms with Gasteiger partial charge in [-0.05, 0) is 55.5 Å². The zero-order valence-electron chi connectivity index (χ0n) is 24.9. The lowest BCUT2D eigenvalue weighted by Gasteiger charge is -2.13. The number of nitrogens with zero attached hydrogens (tertiary/aromatic N) is 3. The second-order valence-electron chi connectivity index (χ2n) is 8.57. The second-order valence-corrected chi connectivity index (χ2v) is 8.98. The number of benzene rings is 2. The molecular formula is C32H45ClN4O2. The van der Waals surface area contributed by atoms with Crippen molar-refractivity contribution in [3.8, 4) is 6.07 Å². The molecule has 0 amide bonds. The first-order valence-corrected chi connectivity index (χ1v) is 13.9. The number of hydrogen-bond acceptors (Lipinski definition) is 4. The number of aromatic nitrogens is 2. The molecule has 1 aliphatic heterocycles. The summed E-state index contributed by atoms with van der Waals surface area (Å²) in [5, 5.41) is 9.00. The number of rotatable bonds is 3. The average molecular weight is 553 g/mol. The van der Waals surface area contributed by atoms with E-state index in [0.29, 0.717) is 22.7 Å². The van der Waals surface area contributed by atoms with Gasteiger partial charge in [0.2, 0.25) is 0 Å². The molecule has 0 bridgehead atoms. The highest BCUT2D eigenvalue weighted by molar-refractivity contribution is 6.31. The van der Waals surface area contributed by atoms with E-state index in [4.69, 9.17) is 16.9 Å². The first-order valence-electron chi connectivity index (χ1n) is 13.5. The summed E-state index contributed by atoms with van der Waals surface area (Å²) in [6, 6.07) is 15.8. The van der Waals surface area contributed by atoms with Gasteiger partial charge in [0.15, 0.2) is 0 Å². The number of hydrogen-bond donors (Lipinski definition) is 1. The summed E-state index contributed by atoms with van der Waals surface area (Å²) in [5.41, 5.74) is 5.69. The van der Waals surface area contributed by atoms with Crippen LogP contribution in [0, 0.1) is 25.2 Å². The van der Waals surface area contributed by atoms with Crippen molar-refractivity contribution in [3.05, 3.63) is 114 Å². The third kappa shape index (κ3) is 12.3.